The van der Waals surface area contributed by atoms with E-state index < -0.39 is 0 Å². The van der Waals surface area contributed by atoms with Crippen molar-refractivity contribution in [1.29, 1.82) is 0 Å². The molecule has 3 aromatic rings. The first-order valence-electron chi connectivity index (χ1n) is 8.41. The van der Waals surface area contributed by atoms with Crippen LogP contribution in [0.25, 0.3) is 0 Å². The summed E-state index contributed by atoms with van der Waals surface area (Å²) in [5.41, 5.74) is 5.49. The quantitative estimate of drug-likeness (QED) is 0.569. The Morgan fingerprint density at radius 1 is 0.680 bits per heavy atom. The molecule has 0 atom stereocenters. The molecule has 1 aromatic heterocycles. The van der Waals surface area contributed by atoms with Gasteiger partial charge in [0.05, 0.1) is 5.56 Å². The molecular formula is C22H23NO2. The smallest absolute Gasteiger partial charge is 0.225 e. The fourth-order valence-electron chi connectivity index (χ4n) is 2.72. The highest BCUT2D eigenvalue weighted by molar-refractivity contribution is 5.50. The molecule has 0 saturated heterocycles. The zero-order valence-corrected chi connectivity index (χ0v) is 15.4. The fourth-order valence-corrected chi connectivity index (χ4v) is 2.72. The molecule has 128 valence electrons. The molecule has 3 rings (SSSR count). The third-order valence-electron chi connectivity index (χ3n) is 4.57. The minimum atomic E-state index is 0.572. The average Bonchev–Trinajstić information content (AvgIpc) is 2.62. The largest absolute Gasteiger partial charge is 0.457 e. The van der Waals surface area contributed by atoms with Crippen LogP contribution in [0.2, 0.25) is 0 Å². The normalized spacial score (nSPS) is 10.6. The molecule has 0 aliphatic carbocycles. The molecule has 3 heteroatoms. The molecule has 0 radical (unpaired) electrons. The lowest BCUT2D eigenvalue weighted by Crippen LogP contribution is -1.99. The van der Waals surface area contributed by atoms with Crippen molar-refractivity contribution in [2.45, 2.75) is 34.6 Å². The number of ether oxygens (including phenoxy) is 2. The van der Waals surface area contributed by atoms with Crippen LogP contribution in [0.3, 0.4) is 0 Å². The van der Waals surface area contributed by atoms with E-state index in [0.29, 0.717) is 5.88 Å². The Morgan fingerprint density at radius 3 is 2.12 bits per heavy atom. The Hall–Kier alpha value is -2.81. The molecule has 25 heavy (non-hydrogen) atoms. The van der Waals surface area contributed by atoms with Crippen molar-refractivity contribution in [3.05, 3.63) is 76.5 Å². The molecule has 0 saturated carbocycles. The summed E-state index contributed by atoms with van der Waals surface area (Å²) in [4.78, 5) is 4.47. The molecule has 1 heterocycles. The standard InChI is InChI=1S/C22H23NO2/c1-14-11-12-20(17(4)16(14)3)25-22-18(5)21(15(2)13-23-22)24-19-9-7-6-8-10-19/h6-13H,1-5H3. The SMILES string of the molecule is Cc1ccc(Oc2ncc(C)c(Oc3ccccc3)c2C)c(C)c1C. The number of hydrogen-bond acceptors (Lipinski definition) is 3. The topological polar surface area (TPSA) is 31.4 Å². The third kappa shape index (κ3) is 3.50. The molecule has 0 N–H and O–H groups in total. The predicted molar refractivity (Wildman–Crippen MR) is 101 cm³/mol. The van der Waals surface area contributed by atoms with E-state index >= 15 is 0 Å². The minimum absolute atomic E-state index is 0.572. The lowest BCUT2D eigenvalue weighted by Gasteiger charge is -2.16. The minimum Gasteiger partial charge on any atom is -0.457 e. The van der Waals surface area contributed by atoms with Gasteiger partial charge in [-0.1, -0.05) is 24.3 Å². The summed E-state index contributed by atoms with van der Waals surface area (Å²) in [5.74, 6) is 2.99. The van der Waals surface area contributed by atoms with E-state index in [2.05, 4.69) is 31.8 Å². The average molecular weight is 333 g/mol. The molecule has 3 nitrogen and oxygen atoms in total. The third-order valence-corrected chi connectivity index (χ3v) is 4.57. The zero-order chi connectivity index (χ0) is 18.0. The number of hydrogen-bond donors (Lipinski definition) is 0. The van der Waals surface area contributed by atoms with Gasteiger partial charge < -0.3 is 9.47 Å². The number of aryl methyl sites for hydroxylation is 2. The van der Waals surface area contributed by atoms with Crippen LogP contribution in [-0.4, -0.2) is 4.98 Å². The zero-order valence-electron chi connectivity index (χ0n) is 15.4. The van der Waals surface area contributed by atoms with Gasteiger partial charge in [-0.2, -0.15) is 0 Å². The van der Waals surface area contributed by atoms with E-state index in [9.17, 15) is 0 Å². The van der Waals surface area contributed by atoms with Gasteiger partial charge >= 0.3 is 0 Å². The van der Waals surface area contributed by atoms with Crippen molar-refractivity contribution in [2.75, 3.05) is 0 Å². The highest BCUT2D eigenvalue weighted by atomic mass is 16.5. The summed E-state index contributed by atoms with van der Waals surface area (Å²) in [5, 5.41) is 0. The number of rotatable bonds is 4. The molecule has 0 unspecified atom stereocenters. The Morgan fingerprint density at radius 2 is 1.40 bits per heavy atom. The van der Waals surface area contributed by atoms with E-state index in [1.807, 2.05) is 50.2 Å². The van der Waals surface area contributed by atoms with Gasteiger partial charge in [-0.3, -0.25) is 0 Å². The molecule has 0 aliphatic heterocycles. The fraction of sp³-hybridized carbons (Fsp3) is 0.227. The Kier molecular flexibility index (Phi) is 4.75. The highest BCUT2D eigenvalue weighted by Crippen LogP contribution is 2.36. The van der Waals surface area contributed by atoms with Gasteiger partial charge in [-0.25, -0.2) is 4.98 Å². The predicted octanol–water partition coefficient (Wildman–Crippen LogP) is 6.21. The molecule has 0 aliphatic rings. The van der Waals surface area contributed by atoms with Crippen LogP contribution in [0.4, 0.5) is 0 Å². The molecule has 0 spiro atoms. The number of benzene rings is 2. The molecule has 0 bridgehead atoms. The lowest BCUT2D eigenvalue weighted by atomic mass is 10.0. The van der Waals surface area contributed by atoms with Crippen LogP contribution in [0.1, 0.15) is 27.8 Å². The first-order chi connectivity index (χ1) is 12.0. The summed E-state index contributed by atoms with van der Waals surface area (Å²) in [6.07, 6.45) is 1.79. The van der Waals surface area contributed by atoms with E-state index in [0.717, 1.165) is 33.9 Å². The van der Waals surface area contributed by atoms with Crippen LogP contribution >= 0.6 is 0 Å². The monoisotopic (exact) mass is 333 g/mol. The van der Waals surface area contributed by atoms with Crippen molar-refractivity contribution >= 4 is 0 Å². The first-order valence-corrected chi connectivity index (χ1v) is 8.41. The molecule has 2 aromatic carbocycles. The van der Waals surface area contributed by atoms with Crippen LogP contribution in [0, 0.1) is 34.6 Å². The maximum absolute atomic E-state index is 6.12. The van der Waals surface area contributed by atoms with Gasteiger partial charge in [0.15, 0.2) is 0 Å². The van der Waals surface area contributed by atoms with Crippen LogP contribution in [-0.2, 0) is 0 Å². The summed E-state index contributed by atoms with van der Waals surface area (Å²) < 4.78 is 12.2. The van der Waals surface area contributed by atoms with Crippen molar-refractivity contribution in [3.63, 3.8) is 0 Å². The Balaban J connectivity index is 1.96. The van der Waals surface area contributed by atoms with Crippen molar-refractivity contribution in [2.24, 2.45) is 0 Å². The van der Waals surface area contributed by atoms with Crippen LogP contribution in [0.15, 0.2) is 48.7 Å². The van der Waals surface area contributed by atoms with Crippen molar-refractivity contribution in [3.8, 4) is 23.1 Å². The van der Waals surface area contributed by atoms with Gasteiger partial charge in [0.25, 0.3) is 0 Å². The Bertz CT molecular complexity index is 902. The van der Waals surface area contributed by atoms with Crippen LogP contribution < -0.4 is 9.47 Å². The number of aromatic nitrogens is 1. The van der Waals surface area contributed by atoms with E-state index in [1.54, 1.807) is 6.20 Å². The second-order valence-electron chi connectivity index (χ2n) is 6.35. The van der Waals surface area contributed by atoms with Gasteiger partial charge in [0, 0.05) is 11.8 Å². The molecule has 0 fully saturated rings. The summed E-state index contributed by atoms with van der Waals surface area (Å²) in [6.45, 7) is 10.3. The van der Waals surface area contributed by atoms with Gasteiger partial charge in [0.2, 0.25) is 5.88 Å². The first kappa shape index (κ1) is 17.0. The van der Waals surface area contributed by atoms with Gasteiger partial charge in [-0.15, -0.1) is 0 Å². The van der Waals surface area contributed by atoms with E-state index in [-0.39, 0.29) is 0 Å². The Labute approximate surface area is 149 Å². The second kappa shape index (κ2) is 6.98. The van der Waals surface area contributed by atoms with Crippen molar-refractivity contribution < 1.29 is 9.47 Å². The maximum Gasteiger partial charge on any atom is 0.225 e. The summed E-state index contributed by atoms with van der Waals surface area (Å²) >= 11 is 0. The van der Waals surface area contributed by atoms with E-state index in [4.69, 9.17) is 9.47 Å². The summed E-state index contributed by atoms with van der Waals surface area (Å²) in [6, 6.07) is 13.8. The molecule has 0 amide bonds. The molecular weight excluding hydrogens is 310 g/mol. The van der Waals surface area contributed by atoms with Crippen LogP contribution in [0.5, 0.6) is 23.1 Å². The number of nitrogens with zero attached hydrogens (tertiary/aromatic N) is 1. The van der Waals surface area contributed by atoms with Crippen molar-refractivity contribution in [1.82, 2.24) is 4.98 Å². The highest BCUT2D eigenvalue weighted by Gasteiger charge is 2.15. The second-order valence-corrected chi connectivity index (χ2v) is 6.35. The lowest BCUT2D eigenvalue weighted by molar-refractivity contribution is 0.435. The van der Waals surface area contributed by atoms with Gasteiger partial charge in [0.1, 0.15) is 17.2 Å². The summed E-state index contributed by atoms with van der Waals surface area (Å²) in [7, 11) is 0. The van der Waals surface area contributed by atoms with E-state index in [1.165, 1.54) is 11.1 Å². The number of para-hydroxylation sites is 1. The maximum atomic E-state index is 6.12. The number of pyridine rings is 1. The van der Waals surface area contributed by atoms with Gasteiger partial charge in [-0.05, 0) is 69.5 Å².